The Hall–Kier alpha value is -1.42. The van der Waals surface area contributed by atoms with Gasteiger partial charge in [0.15, 0.2) is 5.11 Å². The molecule has 0 radical (unpaired) electrons. The Morgan fingerprint density at radius 1 is 1.00 bits per heavy atom. The van der Waals surface area contributed by atoms with Crippen LogP contribution >= 0.6 is 35.5 Å². The molecule has 0 amide bonds. The van der Waals surface area contributed by atoms with Crippen LogP contribution in [0.5, 0.6) is 0 Å². The van der Waals surface area contributed by atoms with Gasteiger partial charge in [-0.1, -0.05) is 63.2 Å². The van der Waals surface area contributed by atoms with E-state index >= 15 is 0 Å². The second-order valence-corrected chi connectivity index (χ2v) is 9.99. The molecule has 0 aliphatic heterocycles. The minimum Gasteiger partial charge on any atom is -0.362 e. The second kappa shape index (κ2) is 12.4. The molecule has 0 fully saturated rings. The van der Waals surface area contributed by atoms with Gasteiger partial charge in [0, 0.05) is 13.1 Å². The van der Waals surface area contributed by atoms with Crippen LogP contribution in [0.1, 0.15) is 37.5 Å². The summed E-state index contributed by atoms with van der Waals surface area (Å²) < 4.78 is 25.5. The molecule has 0 aliphatic carbocycles. The zero-order valence-electron chi connectivity index (χ0n) is 17.8. The van der Waals surface area contributed by atoms with Crippen molar-refractivity contribution in [2.75, 3.05) is 17.5 Å². The van der Waals surface area contributed by atoms with Gasteiger partial charge in [0.05, 0.1) is 11.9 Å². The van der Waals surface area contributed by atoms with Crippen molar-refractivity contribution < 1.29 is 8.42 Å². The third kappa shape index (κ3) is 10.1. The van der Waals surface area contributed by atoms with E-state index in [0.717, 1.165) is 11.8 Å². The molecule has 2 rings (SSSR count). The average Bonchev–Trinajstić information content (AvgIpc) is 2.68. The van der Waals surface area contributed by atoms with Gasteiger partial charge in [0.25, 0.3) is 0 Å². The highest BCUT2D eigenvalue weighted by Gasteiger charge is 2.12. The van der Waals surface area contributed by atoms with E-state index in [9.17, 15) is 8.42 Å². The van der Waals surface area contributed by atoms with Gasteiger partial charge in [-0.3, -0.25) is 4.72 Å². The van der Waals surface area contributed by atoms with E-state index in [0.29, 0.717) is 30.3 Å². The Kier molecular flexibility index (Phi) is 11.0. The van der Waals surface area contributed by atoms with Gasteiger partial charge in [-0.25, -0.2) is 8.42 Å². The molecular weight excluding hydrogens is 455 g/mol. The summed E-state index contributed by atoms with van der Waals surface area (Å²) in [5.41, 5.74) is 4.13. The number of thiocarbonyl (C=S) groups is 1. The van der Waals surface area contributed by atoms with Crippen molar-refractivity contribution in [2.45, 2.75) is 39.2 Å². The summed E-state index contributed by atoms with van der Waals surface area (Å²) >= 11 is 11.8. The van der Waals surface area contributed by atoms with E-state index in [1.807, 2.05) is 18.2 Å². The first kappa shape index (κ1) is 26.6. The number of hydrogen-bond donors (Lipinski definition) is 5. The SMILES string of the molecule is CC(C)(C)c1ccc(CNC(=S)NCCc2ccccc2NS(C)(=O)=O)cc1.SS. The summed E-state index contributed by atoms with van der Waals surface area (Å²) in [6, 6.07) is 15.9. The van der Waals surface area contributed by atoms with E-state index in [4.69, 9.17) is 12.2 Å². The molecule has 9 heteroatoms. The summed E-state index contributed by atoms with van der Waals surface area (Å²) in [4.78, 5) is 0. The van der Waals surface area contributed by atoms with Crippen LogP contribution in [0.25, 0.3) is 0 Å². The molecule has 166 valence electrons. The minimum absolute atomic E-state index is 0.144. The molecule has 0 aromatic heterocycles. The standard InChI is InChI=1S/C21H29N3O2S2.H2S2/c1-21(2,3)18-11-9-16(10-12-18)15-23-20(27)22-14-13-17-7-5-6-8-19(17)24-28(4,25)26;1-2/h5-12,24H,13-15H2,1-4H3,(H2,22,23,27);1-2H. The molecule has 30 heavy (non-hydrogen) atoms. The van der Waals surface area contributed by atoms with Crippen molar-refractivity contribution in [3.63, 3.8) is 0 Å². The molecule has 0 aliphatic rings. The number of benzene rings is 2. The summed E-state index contributed by atoms with van der Waals surface area (Å²) in [5, 5.41) is 6.95. The molecule has 0 heterocycles. The Morgan fingerprint density at radius 2 is 1.60 bits per heavy atom. The quantitative estimate of drug-likeness (QED) is 0.230. The third-order valence-electron chi connectivity index (χ3n) is 4.27. The fourth-order valence-corrected chi connectivity index (χ4v) is 3.49. The number of nitrogens with one attached hydrogen (secondary N) is 3. The maximum absolute atomic E-state index is 11.5. The molecule has 2 aromatic rings. The molecule has 5 nitrogen and oxygen atoms in total. The number of anilines is 1. The first-order chi connectivity index (χ1) is 14.0. The van der Waals surface area contributed by atoms with Gasteiger partial charge < -0.3 is 10.6 Å². The topological polar surface area (TPSA) is 70.2 Å². The molecule has 2 aromatic carbocycles. The zero-order valence-corrected chi connectivity index (χ0v) is 21.2. The van der Waals surface area contributed by atoms with Crippen molar-refractivity contribution in [1.82, 2.24) is 10.6 Å². The van der Waals surface area contributed by atoms with Gasteiger partial charge in [0.2, 0.25) is 10.0 Å². The highest BCUT2D eigenvalue weighted by molar-refractivity contribution is 8.59. The van der Waals surface area contributed by atoms with Crippen LogP contribution in [0.4, 0.5) is 5.69 Å². The van der Waals surface area contributed by atoms with Crippen LogP contribution < -0.4 is 15.4 Å². The van der Waals surface area contributed by atoms with Gasteiger partial charge in [0.1, 0.15) is 0 Å². The molecule has 0 bridgehead atoms. The lowest BCUT2D eigenvalue weighted by Crippen LogP contribution is -2.36. The van der Waals surface area contributed by atoms with Gasteiger partial charge in [-0.2, -0.15) is 0 Å². The number of sulfonamides is 1. The maximum atomic E-state index is 11.5. The van der Waals surface area contributed by atoms with Crippen molar-refractivity contribution in [2.24, 2.45) is 0 Å². The van der Waals surface area contributed by atoms with Gasteiger partial charge >= 0.3 is 0 Å². The maximum Gasteiger partial charge on any atom is 0.229 e. The third-order valence-corrected chi connectivity index (χ3v) is 5.15. The lowest BCUT2D eigenvalue weighted by atomic mass is 9.87. The number of para-hydroxylation sites is 1. The van der Waals surface area contributed by atoms with E-state index in [2.05, 4.69) is 83.7 Å². The van der Waals surface area contributed by atoms with E-state index in [-0.39, 0.29) is 5.41 Å². The molecule has 0 saturated heterocycles. The summed E-state index contributed by atoms with van der Waals surface area (Å²) in [5.74, 6) is 0. The predicted octanol–water partition coefficient (Wildman–Crippen LogP) is 4.32. The van der Waals surface area contributed by atoms with Crippen molar-refractivity contribution in [1.29, 1.82) is 0 Å². The lowest BCUT2D eigenvalue weighted by Gasteiger charge is -2.19. The van der Waals surface area contributed by atoms with Crippen molar-refractivity contribution in [3.05, 3.63) is 65.2 Å². The molecule has 0 atom stereocenters. The fourth-order valence-electron chi connectivity index (χ4n) is 2.72. The van der Waals surface area contributed by atoms with Crippen molar-refractivity contribution >= 4 is 56.4 Å². The fraction of sp³-hybridized carbons (Fsp3) is 0.381. The smallest absolute Gasteiger partial charge is 0.229 e. The monoisotopic (exact) mass is 485 g/mol. The van der Waals surface area contributed by atoms with Crippen LogP contribution in [-0.2, 0) is 28.4 Å². The summed E-state index contributed by atoms with van der Waals surface area (Å²) in [7, 11) is -3.30. The van der Waals surface area contributed by atoms with Crippen LogP contribution in [0, 0.1) is 0 Å². The van der Waals surface area contributed by atoms with E-state index in [1.165, 1.54) is 11.1 Å². The van der Waals surface area contributed by atoms with Crippen LogP contribution in [-0.4, -0.2) is 26.3 Å². The molecule has 0 spiro atoms. The molecule has 0 unspecified atom stereocenters. The highest BCUT2D eigenvalue weighted by atomic mass is 33.1. The first-order valence-corrected chi connectivity index (χ1v) is 13.3. The van der Waals surface area contributed by atoms with Crippen molar-refractivity contribution in [3.8, 4) is 0 Å². The Bertz CT molecular complexity index is 909. The van der Waals surface area contributed by atoms with Gasteiger partial charge in [-0.15, -0.1) is 23.3 Å². The van der Waals surface area contributed by atoms with Crippen LogP contribution in [0.3, 0.4) is 0 Å². The van der Waals surface area contributed by atoms with Gasteiger partial charge in [-0.05, 0) is 46.8 Å². The van der Waals surface area contributed by atoms with Crippen LogP contribution in [0.2, 0.25) is 0 Å². The molecular formula is C21H31N3O2S4. The minimum atomic E-state index is -3.30. The average molecular weight is 486 g/mol. The molecule has 3 N–H and O–H groups in total. The van der Waals surface area contributed by atoms with Crippen LogP contribution in [0.15, 0.2) is 48.5 Å². The summed E-state index contributed by atoms with van der Waals surface area (Å²) in [6.07, 6.45) is 1.80. The zero-order chi connectivity index (χ0) is 22.8. The van der Waals surface area contributed by atoms with E-state index < -0.39 is 10.0 Å². The normalized spacial score (nSPS) is 11.1. The second-order valence-electron chi connectivity index (χ2n) is 7.84. The number of thiol groups is 2. The first-order valence-electron chi connectivity index (χ1n) is 9.41. The highest BCUT2D eigenvalue weighted by Crippen LogP contribution is 2.22. The number of rotatable bonds is 7. The Balaban J connectivity index is 0.00000218. The summed E-state index contributed by atoms with van der Waals surface area (Å²) in [6.45, 7) is 7.86. The largest absolute Gasteiger partial charge is 0.362 e. The predicted molar refractivity (Wildman–Crippen MR) is 139 cm³/mol. The Morgan fingerprint density at radius 3 is 2.17 bits per heavy atom. The Labute approximate surface area is 196 Å². The van der Waals surface area contributed by atoms with E-state index in [1.54, 1.807) is 6.07 Å². The molecule has 0 saturated carbocycles. The number of hydrogen-bond acceptors (Lipinski definition) is 5. The lowest BCUT2D eigenvalue weighted by molar-refractivity contribution is 0.590.